The molecule has 0 aliphatic carbocycles. The summed E-state index contributed by atoms with van der Waals surface area (Å²) in [5.41, 5.74) is 7.64. The van der Waals surface area contributed by atoms with E-state index in [1.54, 1.807) is 49.7 Å². The monoisotopic (exact) mass is 512 g/mol. The maximum atomic E-state index is 13.6. The number of aryl methyl sites for hydroxylation is 1. The zero-order valence-electron chi connectivity index (χ0n) is 21.8. The fourth-order valence-electron chi connectivity index (χ4n) is 4.46. The van der Waals surface area contributed by atoms with Crippen molar-refractivity contribution < 1.29 is 23.6 Å². The van der Waals surface area contributed by atoms with Crippen LogP contribution in [0.25, 0.3) is 22.4 Å². The third-order valence-corrected chi connectivity index (χ3v) is 6.70. The van der Waals surface area contributed by atoms with Crippen LogP contribution >= 0.6 is 0 Å². The van der Waals surface area contributed by atoms with Crippen molar-refractivity contribution in [1.29, 1.82) is 0 Å². The topological polar surface area (TPSA) is 90.7 Å². The molecule has 0 amide bonds. The number of fused-ring (bicyclic) bond motifs is 3. The Bertz CT molecular complexity index is 1330. The molecule has 1 atom stereocenters. The number of benzene rings is 2. The van der Waals surface area contributed by atoms with Crippen LogP contribution in [0, 0.1) is 26.6 Å². The van der Waals surface area contributed by atoms with E-state index >= 15 is 0 Å². The molecule has 1 aliphatic heterocycles. The highest BCUT2D eigenvalue weighted by Gasteiger charge is 2.32. The van der Waals surface area contributed by atoms with E-state index in [9.17, 15) is 18.5 Å². The van der Waals surface area contributed by atoms with E-state index in [4.69, 9.17) is 10.1 Å². The third kappa shape index (κ3) is 5.99. The van der Waals surface area contributed by atoms with E-state index in [1.807, 2.05) is 26.8 Å². The lowest BCUT2D eigenvalue weighted by Gasteiger charge is -2.35. The molecule has 36 heavy (non-hydrogen) atoms. The van der Waals surface area contributed by atoms with Crippen molar-refractivity contribution >= 4 is 22.6 Å². The first-order valence-electron chi connectivity index (χ1n) is 11.6. The fourth-order valence-corrected chi connectivity index (χ4v) is 5.26. The number of rotatable bonds is 4. The Kier molecular flexibility index (Phi) is 8.00. The standard InChI is InChI=1S/C24H23FN2O3S.C4H10O/c1-13-9-17-12-27(31(4)30)24-14(2)19(10-20(28)29)21(16-5-7-18(25)8-6-16)15(3)22(24)23(17)26-11-13;1-4(2,3)5/h5-9,11H,10,12H2,1-4H3,(H,28,29);5H,1-3H3. The van der Waals surface area contributed by atoms with Gasteiger partial charge in [-0.25, -0.2) is 8.60 Å². The SMILES string of the molecule is CC(C)(C)O.Cc1cnc2c(c1)CN(S(C)=O)c1c(C)c(CC(=O)O)c(-c3ccc(F)cc3)c(C)c1-2. The van der Waals surface area contributed by atoms with Crippen molar-refractivity contribution in [3.63, 3.8) is 0 Å². The van der Waals surface area contributed by atoms with Gasteiger partial charge in [-0.15, -0.1) is 0 Å². The highest BCUT2D eigenvalue weighted by molar-refractivity contribution is 7.85. The molecule has 1 aliphatic rings. The van der Waals surface area contributed by atoms with Crippen LogP contribution in [0.15, 0.2) is 36.5 Å². The number of nitrogens with zero attached hydrogens (tertiary/aromatic N) is 2. The quantitative estimate of drug-likeness (QED) is 0.482. The Hall–Kier alpha value is -3.10. The van der Waals surface area contributed by atoms with Gasteiger partial charge in [0.25, 0.3) is 0 Å². The molecule has 192 valence electrons. The Morgan fingerprint density at radius 1 is 1.11 bits per heavy atom. The predicted molar refractivity (Wildman–Crippen MR) is 143 cm³/mol. The second-order valence-corrected chi connectivity index (χ2v) is 11.3. The number of hydrogen-bond acceptors (Lipinski definition) is 4. The highest BCUT2D eigenvalue weighted by Crippen LogP contribution is 2.48. The Labute approximate surface area is 214 Å². The van der Waals surface area contributed by atoms with Gasteiger partial charge in [0.15, 0.2) is 0 Å². The van der Waals surface area contributed by atoms with Gasteiger partial charge in [0.05, 0.1) is 29.9 Å². The van der Waals surface area contributed by atoms with Gasteiger partial charge in [0.2, 0.25) is 0 Å². The van der Waals surface area contributed by atoms with Crippen molar-refractivity contribution in [3.05, 3.63) is 70.2 Å². The summed E-state index contributed by atoms with van der Waals surface area (Å²) in [6.45, 7) is 11.4. The number of carboxylic acid groups (broad SMARTS) is 1. The van der Waals surface area contributed by atoms with E-state index < -0.39 is 22.6 Å². The van der Waals surface area contributed by atoms with Crippen molar-refractivity contribution in [2.24, 2.45) is 0 Å². The minimum Gasteiger partial charge on any atom is -0.481 e. The van der Waals surface area contributed by atoms with Gasteiger partial charge >= 0.3 is 5.97 Å². The third-order valence-electron chi connectivity index (χ3n) is 5.77. The molecule has 0 fully saturated rings. The van der Waals surface area contributed by atoms with Crippen molar-refractivity contribution in [1.82, 2.24) is 4.98 Å². The lowest BCUT2D eigenvalue weighted by molar-refractivity contribution is -0.136. The number of anilines is 1. The number of pyridine rings is 1. The molecule has 0 radical (unpaired) electrons. The van der Waals surface area contributed by atoms with Crippen LogP contribution in [0.5, 0.6) is 0 Å². The second-order valence-electron chi connectivity index (χ2n) is 10.1. The molecule has 6 nitrogen and oxygen atoms in total. The van der Waals surface area contributed by atoms with Crippen LogP contribution in [0.2, 0.25) is 0 Å². The maximum absolute atomic E-state index is 13.6. The molecule has 0 spiro atoms. The Morgan fingerprint density at radius 2 is 1.69 bits per heavy atom. The van der Waals surface area contributed by atoms with Crippen molar-refractivity contribution in [2.75, 3.05) is 10.6 Å². The first kappa shape index (κ1) is 27.5. The average molecular weight is 513 g/mol. The average Bonchev–Trinajstić information content (AvgIpc) is 2.75. The van der Waals surface area contributed by atoms with E-state index in [-0.39, 0.29) is 12.2 Å². The molecular weight excluding hydrogens is 479 g/mol. The number of halogens is 1. The van der Waals surface area contributed by atoms with Gasteiger partial charge in [-0.1, -0.05) is 18.2 Å². The molecule has 2 aromatic carbocycles. The minimum atomic E-state index is -1.31. The largest absolute Gasteiger partial charge is 0.481 e. The van der Waals surface area contributed by atoms with Crippen LogP contribution in [-0.4, -0.2) is 37.2 Å². The molecule has 1 aromatic heterocycles. The van der Waals surface area contributed by atoms with Gasteiger partial charge in [-0.2, -0.15) is 0 Å². The summed E-state index contributed by atoms with van der Waals surface area (Å²) in [6, 6.07) is 8.12. The smallest absolute Gasteiger partial charge is 0.307 e. The molecule has 0 bridgehead atoms. The minimum absolute atomic E-state index is 0.189. The predicted octanol–water partition coefficient (Wildman–Crippen LogP) is 5.50. The molecule has 0 saturated heterocycles. The van der Waals surface area contributed by atoms with Gasteiger partial charge in [-0.05, 0) is 92.6 Å². The summed E-state index contributed by atoms with van der Waals surface area (Å²) in [4.78, 5) is 16.4. The molecule has 2 N–H and O–H groups in total. The number of aliphatic carboxylic acids is 1. The Balaban J connectivity index is 0.000000658. The number of carboxylic acids is 1. The number of aliphatic hydroxyl groups is 1. The molecular formula is C28H33FN2O4S. The number of hydrogen-bond donors (Lipinski definition) is 2. The van der Waals surface area contributed by atoms with Crippen LogP contribution in [-0.2, 0) is 28.7 Å². The van der Waals surface area contributed by atoms with E-state index in [2.05, 4.69) is 0 Å². The summed E-state index contributed by atoms with van der Waals surface area (Å²) in [5.74, 6) is -1.31. The van der Waals surface area contributed by atoms with E-state index in [0.29, 0.717) is 12.1 Å². The Morgan fingerprint density at radius 3 is 2.22 bits per heavy atom. The number of aromatic nitrogens is 1. The molecule has 4 rings (SSSR count). The van der Waals surface area contributed by atoms with Gasteiger partial charge in [0, 0.05) is 18.0 Å². The van der Waals surface area contributed by atoms with Crippen molar-refractivity contribution in [3.8, 4) is 22.4 Å². The second kappa shape index (κ2) is 10.5. The summed E-state index contributed by atoms with van der Waals surface area (Å²) >= 11 is 0. The highest BCUT2D eigenvalue weighted by atomic mass is 32.2. The van der Waals surface area contributed by atoms with Crippen LogP contribution in [0.3, 0.4) is 0 Å². The molecule has 1 unspecified atom stereocenters. The maximum Gasteiger partial charge on any atom is 0.307 e. The van der Waals surface area contributed by atoms with Crippen LogP contribution in [0.4, 0.5) is 10.1 Å². The van der Waals surface area contributed by atoms with Gasteiger partial charge in [-0.3, -0.25) is 14.1 Å². The van der Waals surface area contributed by atoms with E-state index in [1.165, 1.54) is 12.1 Å². The summed E-state index contributed by atoms with van der Waals surface area (Å²) in [7, 11) is -1.31. The molecule has 2 heterocycles. The summed E-state index contributed by atoms with van der Waals surface area (Å²) in [5, 5.41) is 18.1. The summed E-state index contributed by atoms with van der Waals surface area (Å²) < 4.78 is 28.1. The zero-order chi connectivity index (χ0) is 26.9. The first-order valence-corrected chi connectivity index (χ1v) is 13.1. The lowest BCUT2D eigenvalue weighted by Crippen LogP contribution is -2.30. The van der Waals surface area contributed by atoms with Gasteiger partial charge < -0.3 is 10.2 Å². The fraction of sp³-hybridized carbons (Fsp3) is 0.357. The number of carbonyl (C=O) groups is 1. The summed E-state index contributed by atoms with van der Waals surface area (Å²) in [6.07, 6.45) is 3.24. The van der Waals surface area contributed by atoms with Crippen molar-refractivity contribution in [2.45, 2.75) is 60.1 Å². The zero-order valence-corrected chi connectivity index (χ0v) is 22.6. The molecule has 8 heteroatoms. The normalized spacial score (nSPS) is 13.3. The van der Waals surface area contributed by atoms with Crippen LogP contribution < -0.4 is 4.31 Å². The van der Waals surface area contributed by atoms with E-state index in [0.717, 1.165) is 50.3 Å². The van der Waals surface area contributed by atoms with Gasteiger partial charge in [0.1, 0.15) is 16.8 Å². The molecule has 0 saturated carbocycles. The van der Waals surface area contributed by atoms with Crippen LogP contribution in [0.1, 0.15) is 48.6 Å². The lowest BCUT2D eigenvalue weighted by atomic mass is 9.82. The first-order chi connectivity index (χ1) is 16.7. The molecule has 3 aromatic rings.